The van der Waals surface area contributed by atoms with Crippen molar-refractivity contribution in [3.05, 3.63) is 77.2 Å². The highest BCUT2D eigenvalue weighted by Crippen LogP contribution is 2.60. The van der Waals surface area contributed by atoms with Gasteiger partial charge in [-0.1, -0.05) is 30.7 Å². The average molecular weight is 831 g/mol. The number of carbonyl (C=O) groups is 3. The fourth-order valence-corrected chi connectivity index (χ4v) is 9.55. The zero-order valence-corrected chi connectivity index (χ0v) is 34.6. The Balaban J connectivity index is 0.899. The second kappa shape index (κ2) is 17.1. The molecule has 1 N–H and O–H groups in total. The van der Waals surface area contributed by atoms with Gasteiger partial charge in [-0.2, -0.15) is 0 Å². The van der Waals surface area contributed by atoms with E-state index >= 15 is 0 Å². The molecule has 16 heteroatoms. The number of benzene rings is 2. The van der Waals surface area contributed by atoms with Crippen molar-refractivity contribution in [3.63, 3.8) is 0 Å². The van der Waals surface area contributed by atoms with E-state index in [2.05, 4.69) is 27.5 Å². The number of aromatic nitrogens is 4. The van der Waals surface area contributed by atoms with Gasteiger partial charge in [-0.25, -0.2) is 19.3 Å². The predicted octanol–water partition coefficient (Wildman–Crippen LogP) is 6.66. The Morgan fingerprint density at radius 2 is 1.85 bits per heavy atom. The number of methoxy groups -OCH3 is 1. The number of fused-ring (bicyclic) bond motifs is 3. The van der Waals surface area contributed by atoms with Gasteiger partial charge in [0.15, 0.2) is 11.9 Å². The number of ether oxygens (including phenoxy) is 4. The van der Waals surface area contributed by atoms with E-state index in [0.717, 1.165) is 47.2 Å². The highest BCUT2D eigenvalue weighted by Gasteiger charge is 2.69. The number of carbonyl (C=O) groups excluding carboxylic acids is 3. The van der Waals surface area contributed by atoms with Crippen LogP contribution in [0.25, 0.3) is 16.6 Å². The lowest BCUT2D eigenvalue weighted by molar-refractivity contribution is -0.576. The van der Waals surface area contributed by atoms with E-state index in [4.69, 9.17) is 40.3 Å². The number of halogens is 1. The summed E-state index contributed by atoms with van der Waals surface area (Å²) >= 11 is 6.20. The number of amides is 1. The van der Waals surface area contributed by atoms with Crippen molar-refractivity contribution in [3.8, 4) is 5.69 Å². The van der Waals surface area contributed by atoms with Crippen LogP contribution in [0.2, 0.25) is 5.02 Å². The first-order chi connectivity index (χ1) is 28.5. The van der Waals surface area contributed by atoms with Crippen molar-refractivity contribution in [2.45, 2.75) is 96.1 Å². The standard InChI is InChI=1S/C43H51ClN6O9/c1-26-7-14-34-27(2)40(56-41-43(34)33(26)17-19-42(3,57-41)58-59-43)55-38(52)16-15-37(51)49(23-21-46-35-18-20-45-36-24-29(44)10-13-32(35)36)22-5-6-30-25-50(48-47-30)31-11-8-28(9-12-31)39(53)54-4/h8-13,18,20,24-27,33-34,40-41H,5-7,14-17,19,21-23H2,1-4H3,(H,45,46)/t26-,27-,33+,34+,40-,41-,42?,43-/m1/s1. The van der Waals surface area contributed by atoms with Crippen LogP contribution in [0, 0.1) is 23.7 Å². The van der Waals surface area contributed by atoms with Crippen LogP contribution in [0.4, 0.5) is 5.69 Å². The predicted molar refractivity (Wildman–Crippen MR) is 215 cm³/mol. The minimum absolute atomic E-state index is 0.00995. The lowest BCUT2D eigenvalue weighted by atomic mass is 9.58. The maximum absolute atomic E-state index is 13.9. The summed E-state index contributed by atoms with van der Waals surface area (Å²) < 4.78 is 25.3. The number of pyridine rings is 1. The molecular weight excluding hydrogens is 780 g/mol. The third-order valence-electron chi connectivity index (χ3n) is 12.6. The first-order valence-electron chi connectivity index (χ1n) is 20.5. The SMILES string of the molecule is COC(=O)c1ccc(-n2cc(CCCN(CCNc3ccnc4cc(Cl)ccc34)C(=O)CCC(=O)O[C@@H]3O[C@@H]4OC5(C)CC[C@H]6[C@H](C)CC[C@@H]([C@H]3C)[C@@]46OO5)nn2)cc1. The summed E-state index contributed by atoms with van der Waals surface area (Å²) in [4.78, 5) is 57.5. The highest BCUT2D eigenvalue weighted by atomic mass is 35.5. The molecule has 1 saturated carbocycles. The molecule has 15 nitrogen and oxygen atoms in total. The van der Waals surface area contributed by atoms with Crippen LogP contribution < -0.4 is 5.32 Å². The summed E-state index contributed by atoms with van der Waals surface area (Å²) in [6.07, 6.45) is 6.49. The molecule has 2 aromatic heterocycles. The third-order valence-corrected chi connectivity index (χ3v) is 12.8. The lowest BCUT2D eigenvalue weighted by Crippen LogP contribution is -2.70. The molecular formula is C43H51ClN6O9. The molecule has 1 aliphatic carbocycles. The van der Waals surface area contributed by atoms with Crippen molar-refractivity contribution in [2.75, 3.05) is 32.1 Å². The fraction of sp³-hybridized carbons (Fsp3) is 0.535. The van der Waals surface area contributed by atoms with Gasteiger partial charge in [-0.05, 0) is 99.4 Å². The third kappa shape index (κ3) is 8.40. The molecule has 6 heterocycles. The Kier molecular flexibility index (Phi) is 11.9. The Morgan fingerprint density at radius 3 is 2.66 bits per heavy atom. The number of hydrogen-bond donors (Lipinski definition) is 1. The molecule has 1 spiro atoms. The first kappa shape index (κ1) is 41.1. The molecule has 1 amide bonds. The van der Waals surface area contributed by atoms with Crippen molar-refractivity contribution < 1.29 is 43.1 Å². The minimum atomic E-state index is -0.939. The lowest BCUT2D eigenvalue weighted by Gasteiger charge is -2.59. The van der Waals surface area contributed by atoms with Crippen molar-refractivity contribution in [1.29, 1.82) is 0 Å². The molecule has 2 bridgehead atoms. The van der Waals surface area contributed by atoms with Gasteiger partial charge in [-0.3, -0.25) is 14.6 Å². The Labute approximate surface area is 347 Å². The maximum atomic E-state index is 13.9. The molecule has 5 aliphatic rings. The zero-order chi connectivity index (χ0) is 41.3. The van der Waals surface area contributed by atoms with Crippen molar-refractivity contribution >= 4 is 46.0 Å². The van der Waals surface area contributed by atoms with E-state index in [9.17, 15) is 14.4 Å². The number of anilines is 1. The molecule has 0 radical (unpaired) electrons. The Bertz CT molecular complexity index is 2170. The van der Waals surface area contributed by atoms with Crippen molar-refractivity contribution in [2.24, 2.45) is 23.7 Å². The van der Waals surface area contributed by atoms with E-state index < -0.39 is 35.9 Å². The summed E-state index contributed by atoms with van der Waals surface area (Å²) in [6.45, 7) is 7.41. The van der Waals surface area contributed by atoms with E-state index in [1.54, 1.807) is 40.0 Å². The van der Waals surface area contributed by atoms with Gasteiger partial charge in [0.1, 0.15) is 0 Å². The van der Waals surface area contributed by atoms with Gasteiger partial charge in [-0.15, -0.1) is 5.10 Å². The largest absolute Gasteiger partial charge is 0.465 e. The van der Waals surface area contributed by atoms with Crippen LogP contribution >= 0.6 is 11.6 Å². The minimum Gasteiger partial charge on any atom is -0.465 e. The van der Waals surface area contributed by atoms with Crippen LogP contribution in [0.1, 0.15) is 81.8 Å². The number of rotatable bonds is 14. The van der Waals surface area contributed by atoms with Gasteiger partial charge < -0.3 is 29.2 Å². The molecule has 4 aliphatic heterocycles. The van der Waals surface area contributed by atoms with E-state index in [-0.39, 0.29) is 36.5 Å². The summed E-state index contributed by atoms with van der Waals surface area (Å²) in [5.41, 5.74) is 2.80. The number of nitrogens with zero attached hydrogens (tertiary/aromatic N) is 5. The van der Waals surface area contributed by atoms with Crippen LogP contribution in [-0.2, 0) is 44.7 Å². The molecule has 8 atom stereocenters. The molecule has 59 heavy (non-hydrogen) atoms. The second-order valence-electron chi connectivity index (χ2n) is 16.4. The van der Waals surface area contributed by atoms with E-state index in [1.165, 1.54) is 7.11 Å². The average Bonchev–Trinajstić information content (AvgIpc) is 3.59. The molecule has 5 fully saturated rings. The highest BCUT2D eigenvalue weighted by molar-refractivity contribution is 6.31. The number of aryl methyl sites for hydroxylation is 1. The van der Waals surface area contributed by atoms with Crippen molar-refractivity contribution in [1.82, 2.24) is 24.9 Å². The first-order valence-corrected chi connectivity index (χ1v) is 20.9. The molecule has 4 saturated heterocycles. The van der Waals surface area contributed by atoms with Crippen LogP contribution in [0.3, 0.4) is 0 Å². The molecule has 4 aromatic rings. The summed E-state index contributed by atoms with van der Waals surface area (Å²) in [7, 11) is 1.34. The maximum Gasteiger partial charge on any atom is 0.337 e. The smallest absolute Gasteiger partial charge is 0.337 e. The van der Waals surface area contributed by atoms with E-state index in [0.29, 0.717) is 55.4 Å². The Morgan fingerprint density at radius 1 is 1.02 bits per heavy atom. The summed E-state index contributed by atoms with van der Waals surface area (Å²) in [5.74, 6) is -1.59. The second-order valence-corrected chi connectivity index (χ2v) is 16.8. The number of nitrogens with one attached hydrogen (secondary N) is 1. The fourth-order valence-electron chi connectivity index (χ4n) is 9.38. The van der Waals surface area contributed by atoms with Gasteiger partial charge in [0.2, 0.25) is 18.0 Å². The molecule has 314 valence electrons. The van der Waals surface area contributed by atoms with Gasteiger partial charge in [0.25, 0.3) is 0 Å². The molecule has 1 unspecified atom stereocenters. The molecule has 2 aromatic carbocycles. The number of esters is 2. The van der Waals surface area contributed by atoms with Crippen LogP contribution in [-0.4, -0.2) is 93.4 Å². The summed E-state index contributed by atoms with van der Waals surface area (Å²) in [6, 6.07) is 14.3. The Hall–Kier alpha value is -4.67. The normalized spacial score (nSPS) is 28.4. The monoisotopic (exact) mass is 830 g/mol. The van der Waals surface area contributed by atoms with Gasteiger partial charge in [0.05, 0.1) is 42.2 Å². The summed E-state index contributed by atoms with van der Waals surface area (Å²) in [5, 5.41) is 13.5. The van der Waals surface area contributed by atoms with Gasteiger partial charge in [0, 0.05) is 66.6 Å². The van der Waals surface area contributed by atoms with E-state index in [1.807, 2.05) is 44.3 Å². The topological polar surface area (TPSA) is 165 Å². The van der Waals surface area contributed by atoms with Gasteiger partial charge >= 0.3 is 11.9 Å². The number of hydrogen-bond acceptors (Lipinski definition) is 13. The van der Waals surface area contributed by atoms with Crippen LogP contribution in [0.15, 0.2) is 60.9 Å². The van der Waals surface area contributed by atoms with Crippen LogP contribution in [0.5, 0.6) is 0 Å². The quantitative estimate of drug-likeness (QED) is 0.106. The molecule has 9 rings (SSSR count). The zero-order valence-electron chi connectivity index (χ0n) is 33.8.